The van der Waals surface area contributed by atoms with Gasteiger partial charge in [0.2, 0.25) is 0 Å². The summed E-state index contributed by atoms with van der Waals surface area (Å²) in [6.07, 6.45) is 1.43. The minimum atomic E-state index is -0.488. The molecule has 1 N–H and O–H groups in total. The minimum Gasteiger partial charge on any atom is -0.444 e. The van der Waals surface area contributed by atoms with Gasteiger partial charge in [0.15, 0.2) is 0 Å². The van der Waals surface area contributed by atoms with E-state index in [2.05, 4.69) is 10.3 Å². The molecule has 1 fully saturated rings. The van der Waals surface area contributed by atoms with Gasteiger partial charge in [0, 0.05) is 30.6 Å². The summed E-state index contributed by atoms with van der Waals surface area (Å²) in [6, 6.07) is 5.62. The predicted octanol–water partition coefficient (Wildman–Crippen LogP) is 3.13. The summed E-state index contributed by atoms with van der Waals surface area (Å²) < 4.78 is 5.39. The number of hydrogen-bond acceptors (Lipinski definition) is 4. The number of carbonyl (C=O) groups excluding carboxylic acids is 2. The lowest BCUT2D eigenvalue weighted by Crippen LogP contribution is -2.50. The number of nitrogens with zero attached hydrogens (tertiary/aromatic N) is 2. The lowest BCUT2D eigenvalue weighted by atomic mass is 9.89. The zero-order chi connectivity index (χ0) is 17.1. The Morgan fingerprint density at radius 2 is 2.04 bits per heavy atom. The van der Waals surface area contributed by atoms with Crippen molar-refractivity contribution >= 4 is 28.6 Å². The van der Waals surface area contributed by atoms with E-state index in [0.29, 0.717) is 18.7 Å². The van der Waals surface area contributed by atoms with Crippen molar-refractivity contribution < 1.29 is 14.3 Å². The number of anilines is 1. The summed E-state index contributed by atoms with van der Waals surface area (Å²) in [6.45, 7) is 6.80. The van der Waals surface area contributed by atoms with Gasteiger partial charge in [-0.3, -0.25) is 9.78 Å². The Labute approximate surface area is 139 Å². The third-order valence-electron chi connectivity index (χ3n) is 4.39. The average Bonchev–Trinajstić information content (AvgIpc) is 2.75. The van der Waals surface area contributed by atoms with Gasteiger partial charge in [-0.25, -0.2) is 4.79 Å². The van der Waals surface area contributed by atoms with Gasteiger partial charge in [-0.05, 0) is 38.5 Å². The van der Waals surface area contributed by atoms with Gasteiger partial charge in [-0.1, -0.05) is 6.07 Å². The molecule has 0 saturated carbocycles. The number of nitrogens with one attached hydrogen (secondary N) is 1. The zero-order valence-corrected chi connectivity index (χ0v) is 13.9. The molecule has 0 bridgehead atoms. The van der Waals surface area contributed by atoms with E-state index in [1.807, 2.05) is 39.0 Å². The van der Waals surface area contributed by atoms with E-state index in [-0.39, 0.29) is 17.9 Å². The maximum atomic E-state index is 12.1. The maximum absolute atomic E-state index is 12.1. The van der Waals surface area contributed by atoms with E-state index in [0.717, 1.165) is 22.2 Å². The molecule has 1 aromatic heterocycles. The van der Waals surface area contributed by atoms with Crippen LogP contribution < -0.4 is 5.32 Å². The highest BCUT2D eigenvalue weighted by Gasteiger charge is 2.36. The Morgan fingerprint density at radius 1 is 1.29 bits per heavy atom. The van der Waals surface area contributed by atoms with Crippen molar-refractivity contribution in [3.63, 3.8) is 0 Å². The monoisotopic (exact) mass is 325 g/mol. The van der Waals surface area contributed by atoms with Crippen molar-refractivity contribution in [2.75, 3.05) is 18.4 Å². The van der Waals surface area contributed by atoms with Crippen LogP contribution in [0.25, 0.3) is 10.9 Å². The fourth-order valence-corrected chi connectivity index (χ4v) is 3.25. The van der Waals surface area contributed by atoms with Crippen LogP contribution in [0, 0.1) is 0 Å². The third-order valence-corrected chi connectivity index (χ3v) is 4.39. The third kappa shape index (κ3) is 2.29. The lowest BCUT2D eigenvalue weighted by molar-refractivity contribution is 0.00828. The number of hydrogen-bond donors (Lipinski definition) is 1. The summed E-state index contributed by atoms with van der Waals surface area (Å²) in [5.74, 6) is 0.128. The Bertz CT molecular complexity index is 864. The molecule has 1 aromatic carbocycles. The Hall–Kier alpha value is -2.63. The largest absolute Gasteiger partial charge is 0.444 e. The van der Waals surface area contributed by atoms with E-state index in [4.69, 9.17) is 4.74 Å². The number of amides is 2. The van der Waals surface area contributed by atoms with Crippen LogP contribution in [-0.4, -0.2) is 40.6 Å². The summed E-state index contributed by atoms with van der Waals surface area (Å²) in [5.41, 5.74) is 2.91. The van der Waals surface area contributed by atoms with Crippen LogP contribution in [0.2, 0.25) is 0 Å². The smallest absolute Gasteiger partial charge is 0.410 e. The highest BCUT2D eigenvalue weighted by atomic mass is 16.6. The predicted molar refractivity (Wildman–Crippen MR) is 90.2 cm³/mol. The van der Waals surface area contributed by atoms with E-state index >= 15 is 0 Å². The number of rotatable bonds is 1. The van der Waals surface area contributed by atoms with E-state index in [1.165, 1.54) is 0 Å². The molecule has 3 heterocycles. The van der Waals surface area contributed by atoms with Crippen LogP contribution in [0.3, 0.4) is 0 Å². The molecule has 6 heteroatoms. The van der Waals surface area contributed by atoms with Crippen LogP contribution >= 0.6 is 0 Å². The Morgan fingerprint density at radius 3 is 2.75 bits per heavy atom. The van der Waals surface area contributed by atoms with Crippen LogP contribution in [0.5, 0.6) is 0 Å². The number of benzene rings is 1. The zero-order valence-electron chi connectivity index (χ0n) is 13.9. The summed E-state index contributed by atoms with van der Waals surface area (Å²) in [5, 5.41) is 3.75. The number of likely N-dealkylation sites (tertiary alicyclic amines) is 1. The van der Waals surface area contributed by atoms with Crippen molar-refractivity contribution in [1.29, 1.82) is 0 Å². The van der Waals surface area contributed by atoms with Crippen LogP contribution in [0.1, 0.15) is 42.6 Å². The first-order chi connectivity index (χ1) is 11.3. The first kappa shape index (κ1) is 14.9. The van der Waals surface area contributed by atoms with E-state index < -0.39 is 5.60 Å². The molecule has 0 radical (unpaired) electrons. The van der Waals surface area contributed by atoms with Gasteiger partial charge >= 0.3 is 6.09 Å². The normalized spacial score (nSPS) is 17.0. The molecule has 0 aliphatic carbocycles. The Balaban J connectivity index is 1.59. The molecule has 2 amide bonds. The first-order valence-corrected chi connectivity index (χ1v) is 8.04. The van der Waals surface area contributed by atoms with Crippen LogP contribution in [-0.2, 0) is 4.74 Å². The second-order valence-corrected chi connectivity index (χ2v) is 7.32. The van der Waals surface area contributed by atoms with Crippen molar-refractivity contribution in [2.24, 2.45) is 0 Å². The Kier molecular flexibility index (Phi) is 3.07. The van der Waals surface area contributed by atoms with Crippen molar-refractivity contribution in [2.45, 2.75) is 32.3 Å². The van der Waals surface area contributed by atoms with Gasteiger partial charge in [0.1, 0.15) is 5.60 Å². The van der Waals surface area contributed by atoms with Gasteiger partial charge in [-0.15, -0.1) is 0 Å². The van der Waals surface area contributed by atoms with Gasteiger partial charge in [-0.2, -0.15) is 0 Å². The molecule has 4 rings (SSSR count). The van der Waals surface area contributed by atoms with Crippen LogP contribution in [0.4, 0.5) is 10.5 Å². The van der Waals surface area contributed by atoms with E-state index in [1.54, 1.807) is 11.1 Å². The molecule has 24 heavy (non-hydrogen) atoms. The number of carbonyl (C=O) groups is 2. The molecule has 0 unspecified atom stereocenters. The maximum Gasteiger partial charge on any atom is 0.410 e. The fraction of sp³-hybridized carbons (Fsp3) is 0.389. The fourth-order valence-electron chi connectivity index (χ4n) is 3.25. The molecular weight excluding hydrogens is 306 g/mol. The van der Waals surface area contributed by atoms with Gasteiger partial charge in [0.25, 0.3) is 5.91 Å². The average molecular weight is 325 g/mol. The molecule has 2 aliphatic heterocycles. The molecule has 6 nitrogen and oxygen atoms in total. The molecule has 0 spiro atoms. The second kappa shape index (κ2) is 4.93. The summed E-state index contributed by atoms with van der Waals surface area (Å²) in [7, 11) is 0. The standard InChI is InChI=1S/C18H19N3O3/c1-18(2,3)24-17(23)21-8-10(9-21)11-4-5-12-14-13(20-16(12)22)6-7-19-15(11)14/h4-7,10H,8-9H2,1-3H3,(H,20,22). The number of pyridine rings is 1. The topological polar surface area (TPSA) is 71.5 Å². The quantitative estimate of drug-likeness (QED) is 0.874. The highest BCUT2D eigenvalue weighted by Crippen LogP contribution is 2.38. The molecule has 2 aliphatic rings. The van der Waals surface area contributed by atoms with Crippen molar-refractivity contribution in [1.82, 2.24) is 9.88 Å². The lowest BCUT2D eigenvalue weighted by Gasteiger charge is -2.40. The van der Waals surface area contributed by atoms with Gasteiger partial charge in [0.05, 0.1) is 16.8 Å². The molecular formula is C18H19N3O3. The second-order valence-electron chi connectivity index (χ2n) is 7.32. The first-order valence-electron chi connectivity index (χ1n) is 8.04. The molecule has 124 valence electrons. The minimum absolute atomic E-state index is 0.0847. The van der Waals surface area contributed by atoms with Gasteiger partial charge < -0.3 is 15.0 Å². The summed E-state index contributed by atoms with van der Waals surface area (Å²) in [4.78, 5) is 30.2. The molecule has 2 aromatic rings. The number of ether oxygens (including phenoxy) is 1. The molecule has 1 saturated heterocycles. The highest BCUT2D eigenvalue weighted by molar-refractivity contribution is 6.23. The van der Waals surface area contributed by atoms with Crippen LogP contribution in [0.15, 0.2) is 24.4 Å². The van der Waals surface area contributed by atoms with E-state index in [9.17, 15) is 9.59 Å². The molecule has 0 atom stereocenters. The number of aromatic nitrogens is 1. The van der Waals surface area contributed by atoms with Crippen molar-refractivity contribution in [3.8, 4) is 0 Å². The SMILES string of the molecule is CC(C)(C)OC(=O)N1CC(c2ccc3c4c(ccnc24)NC3=O)C1. The van der Waals surface area contributed by atoms with Crippen molar-refractivity contribution in [3.05, 3.63) is 35.5 Å². The summed E-state index contributed by atoms with van der Waals surface area (Å²) >= 11 is 0.